The molecule has 13 nitrogen and oxygen atoms in total. The maximum absolute atomic E-state index is 13.3. The average Bonchev–Trinajstić information content (AvgIpc) is 3.38. The summed E-state index contributed by atoms with van der Waals surface area (Å²) < 4.78 is 11.1. The number of guanidine groups is 2. The van der Waals surface area contributed by atoms with Gasteiger partial charge in [-0.2, -0.15) is 0 Å². The van der Waals surface area contributed by atoms with Crippen molar-refractivity contribution in [3.8, 4) is 11.5 Å². The number of aliphatic hydroxyl groups is 1. The molecule has 0 aromatic heterocycles. The number of hydrogen-bond donors (Lipinski definition) is 6. The summed E-state index contributed by atoms with van der Waals surface area (Å²) in [7, 11) is 4.91. The summed E-state index contributed by atoms with van der Waals surface area (Å²) in [6.45, 7) is 3.03. The minimum atomic E-state index is -0.567. The van der Waals surface area contributed by atoms with Gasteiger partial charge >= 0.3 is 5.97 Å². The molecule has 3 rings (SSSR count). The molecule has 15 heteroatoms. The van der Waals surface area contributed by atoms with Crippen LogP contribution in [0.5, 0.6) is 11.5 Å². The highest BCUT2D eigenvalue weighted by Gasteiger charge is 2.35. The lowest BCUT2D eigenvalue weighted by molar-refractivity contribution is -0.148. The number of carbonyl (C=O) groups excluding carboxylic acids is 2. The van der Waals surface area contributed by atoms with Gasteiger partial charge in [0.15, 0.2) is 23.4 Å². The highest BCUT2D eigenvalue weighted by atomic mass is 33.1. The second-order valence-corrected chi connectivity index (χ2v) is 14.8. The molecule has 4 atom stereocenters. The average molecular weight is 696 g/mol. The number of amides is 1. The van der Waals surface area contributed by atoms with Crippen LogP contribution >= 0.6 is 21.6 Å². The minimum Gasteiger partial charge on any atom is -0.504 e. The van der Waals surface area contributed by atoms with Crippen molar-refractivity contribution in [2.45, 2.75) is 89.9 Å². The number of aliphatic hydroxyl groups excluding tert-OH is 1. The Balaban J connectivity index is 1.82. The van der Waals surface area contributed by atoms with E-state index in [-0.39, 0.29) is 42.0 Å². The van der Waals surface area contributed by atoms with Crippen molar-refractivity contribution in [2.24, 2.45) is 39.0 Å². The smallest absolute Gasteiger partial charge is 0.302 e. The molecule has 0 saturated carbocycles. The van der Waals surface area contributed by atoms with Crippen molar-refractivity contribution in [3.63, 3.8) is 0 Å². The van der Waals surface area contributed by atoms with Gasteiger partial charge in [-0.05, 0) is 55.6 Å². The van der Waals surface area contributed by atoms with E-state index in [1.807, 2.05) is 6.07 Å². The fraction of sp³-hybridized carbons (Fsp3) is 0.688. The molecule has 1 fully saturated rings. The molecule has 2 aliphatic heterocycles. The largest absolute Gasteiger partial charge is 0.504 e. The van der Waals surface area contributed by atoms with Gasteiger partial charge in [0.05, 0.1) is 19.1 Å². The summed E-state index contributed by atoms with van der Waals surface area (Å²) in [6, 6.07) is 3.63. The zero-order valence-electron chi connectivity index (χ0n) is 27.7. The van der Waals surface area contributed by atoms with Gasteiger partial charge in [-0.25, -0.2) is 4.99 Å². The molecule has 4 unspecified atom stereocenters. The number of nitrogens with one attached hydrogen (secondary N) is 1. The zero-order chi connectivity index (χ0) is 34.2. The van der Waals surface area contributed by atoms with E-state index < -0.39 is 12.2 Å². The third kappa shape index (κ3) is 13.9. The lowest BCUT2D eigenvalue weighted by atomic mass is 9.88. The number of phenols is 1. The van der Waals surface area contributed by atoms with E-state index in [1.54, 1.807) is 32.6 Å². The Morgan fingerprint density at radius 3 is 2.72 bits per heavy atom. The molecule has 0 aliphatic carbocycles. The van der Waals surface area contributed by atoms with Crippen LogP contribution in [0.1, 0.15) is 75.8 Å². The minimum absolute atomic E-state index is 0.0121. The molecular formula is C32H53N7O6S2. The van der Waals surface area contributed by atoms with Crippen LogP contribution in [-0.4, -0.2) is 89.5 Å². The van der Waals surface area contributed by atoms with Gasteiger partial charge in [-0.3, -0.25) is 14.6 Å². The molecule has 1 aromatic carbocycles. The molecule has 4 bridgehead atoms. The summed E-state index contributed by atoms with van der Waals surface area (Å²) in [5.41, 5.74) is 18.7. The molecule has 0 spiro atoms. The second kappa shape index (κ2) is 20.4. The first-order valence-electron chi connectivity index (χ1n) is 16.4. The second-order valence-electron chi connectivity index (χ2n) is 12.3. The fourth-order valence-corrected chi connectivity index (χ4v) is 7.87. The Hall–Kier alpha value is -3.04. The van der Waals surface area contributed by atoms with Crippen LogP contribution in [0, 0.1) is 11.8 Å². The number of aromatic hydroxyl groups is 1. The number of nitrogens with zero attached hydrogens (tertiary/aromatic N) is 3. The van der Waals surface area contributed by atoms with Crippen LogP contribution < -0.4 is 27.3 Å². The first-order valence-corrected chi connectivity index (χ1v) is 18.9. The number of nitrogens with two attached hydrogens (primary N) is 3. The number of esters is 1. The molecular weight excluding hydrogens is 643 g/mol. The Bertz CT molecular complexity index is 1220. The molecule has 264 valence electrons. The van der Waals surface area contributed by atoms with E-state index in [0.29, 0.717) is 81.3 Å². The standard InChI is InChI=1S/C32H53N7O6S2/c1-21(40)45-27-9-8-22-13-25(30(43)28(14-22)44-2)19-39-18-24(15-29(39)42)23(10-11-36-31(33)34)17-37-32(35)38-20-47-46-12-6-4-3-5-7-26(41)16-27/h13-14,23-24,26-27,41,43H,3-12,15-20H2,1-2H3,(H4,33,34,36)(H3,35,37,38). The lowest BCUT2D eigenvalue weighted by Crippen LogP contribution is -2.38. The zero-order valence-corrected chi connectivity index (χ0v) is 29.3. The molecule has 1 saturated heterocycles. The molecule has 0 radical (unpaired) electrons. The highest BCUT2D eigenvalue weighted by molar-refractivity contribution is 8.76. The van der Waals surface area contributed by atoms with Crippen molar-refractivity contribution in [1.82, 2.24) is 10.2 Å². The number of carbonyl (C=O) groups is 2. The van der Waals surface area contributed by atoms with Crippen molar-refractivity contribution >= 4 is 45.4 Å². The van der Waals surface area contributed by atoms with Crippen LogP contribution in [0.4, 0.5) is 0 Å². The van der Waals surface area contributed by atoms with E-state index >= 15 is 0 Å². The van der Waals surface area contributed by atoms with Crippen LogP contribution in [-0.2, 0) is 27.3 Å². The Morgan fingerprint density at radius 2 is 1.98 bits per heavy atom. The Labute approximate surface area is 286 Å². The number of aryl methyl sites for hydroxylation is 1. The van der Waals surface area contributed by atoms with Gasteiger partial charge in [0, 0.05) is 57.3 Å². The normalized spacial score (nSPS) is 24.4. The topological polar surface area (TPSA) is 211 Å². The number of benzene rings is 1. The van der Waals surface area contributed by atoms with Crippen LogP contribution in [0.3, 0.4) is 0 Å². The predicted molar refractivity (Wildman–Crippen MR) is 189 cm³/mol. The SMILES string of the molecule is COc1cc2cc(c1O)CN1CC(CC1=O)C(CCN=C(N)N)CNC(N)=NCSSCCCCCCC(O)CC(OC(C)=O)CC2. The number of rotatable bonds is 5. The van der Waals surface area contributed by atoms with E-state index in [2.05, 4.69) is 15.3 Å². The van der Waals surface area contributed by atoms with Crippen LogP contribution in [0.2, 0.25) is 0 Å². The first-order chi connectivity index (χ1) is 22.5. The molecule has 47 heavy (non-hydrogen) atoms. The summed E-state index contributed by atoms with van der Waals surface area (Å²) in [6.07, 6.45) is 6.12. The summed E-state index contributed by atoms with van der Waals surface area (Å²) in [4.78, 5) is 35.5. The van der Waals surface area contributed by atoms with Gasteiger partial charge in [0.2, 0.25) is 5.91 Å². The molecule has 1 aromatic rings. The number of methoxy groups -OCH3 is 1. The molecule has 9 N–H and O–H groups in total. The van der Waals surface area contributed by atoms with E-state index in [4.69, 9.17) is 26.7 Å². The third-order valence-corrected chi connectivity index (χ3v) is 10.7. The number of aliphatic imine (C=N–C) groups is 2. The predicted octanol–water partition coefficient (Wildman–Crippen LogP) is 2.85. The number of hydrogen-bond acceptors (Lipinski definition) is 12. The van der Waals surface area contributed by atoms with Gasteiger partial charge in [-0.1, -0.05) is 46.9 Å². The fourth-order valence-electron chi connectivity index (χ4n) is 6.08. The maximum Gasteiger partial charge on any atom is 0.302 e. The highest BCUT2D eigenvalue weighted by Crippen LogP contribution is 2.36. The molecule has 1 amide bonds. The summed E-state index contributed by atoms with van der Waals surface area (Å²) in [5.74, 6) is 1.87. The van der Waals surface area contributed by atoms with Gasteiger partial charge in [-0.15, -0.1) is 0 Å². The van der Waals surface area contributed by atoms with Crippen LogP contribution in [0.15, 0.2) is 22.1 Å². The van der Waals surface area contributed by atoms with Crippen molar-refractivity contribution < 1.29 is 29.3 Å². The molecule has 2 aliphatic rings. The van der Waals surface area contributed by atoms with E-state index in [0.717, 1.165) is 37.0 Å². The lowest BCUT2D eigenvalue weighted by Gasteiger charge is -2.24. The Morgan fingerprint density at radius 1 is 1.19 bits per heavy atom. The quantitative estimate of drug-likeness (QED) is 0.114. The molecule has 2 heterocycles. The van der Waals surface area contributed by atoms with E-state index in [1.165, 1.54) is 14.0 Å². The summed E-state index contributed by atoms with van der Waals surface area (Å²) >= 11 is 0. The van der Waals surface area contributed by atoms with Crippen molar-refractivity contribution in [2.75, 3.05) is 38.4 Å². The van der Waals surface area contributed by atoms with Gasteiger partial charge in [0.1, 0.15) is 6.10 Å². The monoisotopic (exact) mass is 695 g/mol. The third-order valence-electron chi connectivity index (χ3n) is 8.55. The van der Waals surface area contributed by atoms with Crippen molar-refractivity contribution in [3.05, 3.63) is 23.3 Å². The maximum atomic E-state index is 13.3. The first kappa shape index (κ1) is 38.4. The number of ether oxygens (including phenoxy) is 2. The van der Waals surface area contributed by atoms with Crippen LogP contribution in [0.25, 0.3) is 0 Å². The van der Waals surface area contributed by atoms with E-state index in [9.17, 15) is 19.8 Å². The van der Waals surface area contributed by atoms with Crippen molar-refractivity contribution in [1.29, 1.82) is 0 Å². The van der Waals surface area contributed by atoms with Gasteiger partial charge < -0.3 is 47.1 Å². The Kier molecular flexibility index (Phi) is 16.6. The van der Waals surface area contributed by atoms with Gasteiger partial charge in [0.25, 0.3) is 0 Å². The summed E-state index contributed by atoms with van der Waals surface area (Å²) in [5, 5.41) is 25.0. The number of fused-ring (bicyclic) bond motifs is 4. The number of phenolic OH excluding ortho intramolecular Hbond substituents is 1.